The number of aryl methyl sites for hydroxylation is 1. The molecule has 3 heterocycles. The third-order valence-electron chi connectivity index (χ3n) is 12.2. The van der Waals surface area contributed by atoms with Gasteiger partial charge in [-0.15, -0.1) is 0 Å². The molecule has 7 aromatic carbocycles. The van der Waals surface area contributed by atoms with Gasteiger partial charge in [-0.3, -0.25) is 4.57 Å². The first-order valence-electron chi connectivity index (χ1n) is 20.4. The van der Waals surface area contributed by atoms with Crippen LogP contribution >= 0.6 is 0 Å². The fourth-order valence-electron chi connectivity index (χ4n) is 9.53. The minimum absolute atomic E-state index is 0.705. The number of hydrogen-bond acceptors (Lipinski definition) is 2. The Morgan fingerprint density at radius 3 is 1.90 bits per heavy atom. The molecule has 0 saturated heterocycles. The molecule has 0 bridgehead atoms. The lowest BCUT2D eigenvalue weighted by Gasteiger charge is -2.18. The summed E-state index contributed by atoms with van der Waals surface area (Å²) >= 11 is 0. The van der Waals surface area contributed by atoms with Crippen LogP contribution in [0.3, 0.4) is 0 Å². The van der Waals surface area contributed by atoms with E-state index < -0.39 is 0 Å². The summed E-state index contributed by atoms with van der Waals surface area (Å²) in [5.41, 5.74) is 14.9. The van der Waals surface area contributed by atoms with Crippen LogP contribution in [0.1, 0.15) is 30.5 Å². The molecule has 0 N–H and O–H groups in total. The molecule has 0 atom stereocenters. The van der Waals surface area contributed by atoms with Crippen LogP contribution in [0.4, 0.5) is 0 Å². The molecule has 4 heteroatoms. The largest absolute Gasteiger partial charge is 0.310 e. The van der Waals surface area contributed by atoms with Crippen molar-refractivity contribution < 1.29 is 0 Å². The van der Waals surface area contributed by atoms with Gasteiger partial charge in [-0.25, -0.2) is 9.97 Å². The number of fused-ring (bicyclic) bond motifs is 9. The molecule has 0 saturated carbocycles. The summed E-state index contributed by atoms with van der Waals surface area (Å²) in [6.45, 7) is 0. The highest BCUT2D eigenvalue weighted by atomic mass is 15.2. The van der Waals surface area contributed by atoms with Crippen molar-refractivity contribution in [2.45, 2.75) is 25.7 Å². The first-order valence-corrected chi connectivity index (χ1v) is 20.4. The van der Waals surface area contributed by atoms with Gasteiger partial charge in [0.25, 0.3) is 0 Å². The molecular weight excluding hydrogens is 705 g/mol. The summed E-state index contributed by atoms with van der Waals surface area (Å²) in [6.07, 6.45) is 15.4. The molecule has 274 valence electrons. The second-order valence-corrected chi connectivity index (χ2v) is 15.5. The van der Waals surface area contributed by atoms with Gasteiger partial charge in [0.05, 0.1) is 33.5 Å². The Morgan fingerprint density at radius 1 is 0.431 bits per heavy atom. The maximum absolute atomic E-state index is 5.49. The van der Waals surface area contributed by atoms with Gasteiger partial charge in [-0.1, -0.05) is 146 Å². The van der Waals surface area contributed by atoms with Crippen molar-refractivity contribution >= 4 is 66.2 Å². The Morgan fingerprint density at radius 2 is 1.09 bits per heavy atom. The molecule has 58 heavy (non-hydrogen) atoms. The summed E-state index contributed by atoms with van der Waals surface area (Å²) in [5.74, 6) is 0.705. The standard InChI is InChI=1S/C54H38N4/c1-3-15-35(16-4-1)36-27-29-37(30-28-36)53-43-22-9-12-24-47(43)55-54(56-53)58-49-26-14-11-23-44(49)52-42-21-8-7-19-40(42)45(34-51(52)58)38-31-32-50-46(33-38)41-20-10-13-25-48(41)57(50)39-17-5-2-6-18-39/h1,3-5,7-11,13-23,25-34H,2,6,12,24H2. The van der Waals surface area contributed by atoms with Crippen molar-refractivity contribution in [1.29, 1.82) is 0 Å². The molecule has 12 rings (SSSR count). The highest BCUT2D eigenvalue weighted by Gasteiger charge is 2.23. The summed E-state index contributed by atoms with van der Waals surface area (Å²) in [7, 11) is 0. The number of hydrogen-bond donors (Lipinski definition) is 0. The van der Waals surface area contributed by atoms with E-state index >= 15 is 0 Å². The number of nitrogens with zero attached hydrogens (tertiary/aromatic N) is 4. The van der Waals surface area contributed by atoms with Gasteiger partial charge < -0.3 is 4.57 Å². The third-order valence-corrected chi connectivity index (χ3v) is 12.2. The second kappa shape index (κ2) is 13.1. The van der Waals surface area contributed by atoms with Crippen LogP contribution in [0.25, 0.3) is 106 Å². The molecule has 0 spiro atoms. The number of rotatable bonds is 5. The molecule has 4 nitrogen and oxygen atoms in total. The van der Waals surface area contributed by atoms with E-state index in [1.54, 1.807) is 0 Å². The predicted molar refractivity (Wildman–Crippen MR) is 243 cm³/mol. The number of aromatic nitrogens is 4. The predicted octanol–water partition coefficient (Wildman–Crippen LogP) is 14.0. The van der Waals surface area contributed by atoms with E-state index in [0.717, 1.165) is 59.2 Å². The van der Waals surface area contributed by atoms with Gasteiger partial charge in [0, 0.05) is 38.4 Å². The Labute approximate surface area is 336 Å². The summed E-state index contributed by atoms with van der Waals surface area (Å²) < 4.78 is 4.74. The molecule has 3 aromatic heterocycles. The molecule has 10 aromatic rings. The van der Waals surface area contributed by atoms with Crippen molar-refractivity contribution in [3.8, 4) is 39.5 Å². The van der Waals surface area contributed by atoms with Gasteiger partial charge in [-0.05, 0) is 95.1 Å². The quantitative estimate of drug-likeness (QED) is 0.176. The van der Waals surface area contributed by atoms with Crippen LogP contribution in [0.15, 0.2) is 176 Å². The van der Waals surface area contributed by atoms with Crippen LogP contribution in [0.2, 0.25) is 0 Å². The maximum atomic E-state index is 5.49. The fourth-order valence-corrected chi connectivity index (χ4v) is 9.53. The lowest BCUT2D eigenvalue weighted by Crippen LogP contribution is -2.09. The molecule has 0 unspecified atom stereocenters. The van der Waals surface area contributed by atoms with Crippen molar-refractivity contribution in [2.75, 3.05) is 0 Å². The van der Waals surface area contributed by atoms with Crippen molar-refractivity contribution in [1.82, 2.24) is 19.1 Å². The van der Waals surface area contributed by atoms with E-state index in [1.807, 2.05) is 0 Å². The van der Waals surface area contributed by atoms with E-state index in [4.69, 9.17) is 9.97 Å². The number of benzene rings is 7. The second-order valence-electron chi connectivity index (χ2n) is 15.5. The topological polar surface area (TPSA) is 35.6 Å². The van der Waals surface area contributed by atoms with Crippen LogP contribution in [-0.2, 0) is 6.42 Å². The van der Waals surface area contributed by atoms with Gasteiger partial charge in [0.15, 0.2) is 0 Å². The first-order chi connectivity index (χ1) is 28.8. The average molecular weight is 743 g/mol. The zero-order chi connectivity index (χ0) is 38.2. The SMILES string of the molecule is C1=CC(n2c3ccccc3c3cc(-c4cc5c(c6ccccc46)c4ccccc4n5-c4nc5c(c(-c6ccc(-c7ccccc7)cc6)n4)C=CCC5)ccc32)=CCC1. The van der Waals surface area contributed by atoms with Crippen LogP contribution in [0.5, 0.6) is 0 Å². The van der Waals surface area contributed by atoms with Crippen molar-refractivity contribution in [2.24, 2.45) is 0 Å². The Kier molecular flexibility index (Phi) is 7.45. The molecule has 0 aliphatic heterocycles. The summed E-state index contributed by atoms with van der Waals surface area (Å²) in [6, 6.07) is 55.3. The lowest BCUT2D eigenvalue weighted by molar-refractivity contribution is 0.877. The molecule has 0 radical (unpaired) electrons. The van der Waals surface area contributed by atoms with Gasteiger partial charge in [0.2, 0.25) is 5.95 Å². The summed E-state index contributed by atoms with van der Waals surface area (Å²) in [4.78, 5) is 10.9. The lowest BCUT2D eigenvalue weighted by atomic mass is 9.94. The molecule has 2 aliphatic rings. The van der Waals surface area contributed by atoms with E-state index in [1.165, 1.54) is 71.3 Å². The van der Waals surface area contributed by atoms with Crippen LogP contribution in [-0.4, -0.2) is 19.1 Å². The molecular formula is C54H38N4. The first kappa shape index (κ1) is 32.9. The van der Waals surface area contributed by atoms with E-state index in [0.29, 0.717) is 5.95 Å². The van der Waals surface area contributed by atoms with E-state index in [-0.39, 0.29) is 0 Å². The monoisotopic (exact) mass is 742 g/mol. The minimum Gasteiger partial charge on any atom is -0.310 e. The fraction of sp³-hybridized carbons (Fsp3) is 0.0741. The highest BCUT2D eigenvalue weighted by Crippen LogP contribution is 2.43. The number of allylic oxidation sites excluding steroid dienone is 5. The average Bonchev–Trinajstić information content (AvgIpc) is 3.82. The van der Waals surface area contributed by atoms with Crippen molar-refractivity contribution in [3.63, 3.8) is 0 Å². The number of para-hydroxylation sites is 2. The van der Waals surface area contributed by atoms with Crippen LogP contribution in [0, 0.1) is 0 Å². The van der Waals surface area contributed by atoms with Gasteiger partial charge in [-0.2, -0.15) is 0 Å². The Hall–Kier alpha value is -7.30. The van der Waals surface area contributed by atoms with Crippen molar-refractivity contribution in [3.05, 3.63) is 187 Å². The molecule has 2 aliphatic carbocycles. The normalized spacial score (nSPS) is 13.9. The minimum atomic E-state index is 0.705. The zero-order valence-electron chi connectivity index (χ0n) is 31.9. The van der Waals surface area contributed by atoms with Gasteiger partial charge in [0.1, 0.15) is 0 Å². The molecule has 0 fully saturated rings. The molecule has 0 amide bonds. The van der Waals surface area contributed by atoms with Gasteiger partial charge >= 0.3 is 0 Å². The zero-order valence-corrected chi connectivity index (χ0v) is 31.9. The Bertz CT molecular complexity index is 3370. The Balaban J connectivity index is 1.10. The third kappa shape index (κ3) is 5.08. The highest BCUT2D eigenvalue weighted by molar-refractivity contribution is 6.24. The van der Waals surface area contributed by atoms with Crippen LogP contribution < -0.4 is 0 Å². The summed E-state index contributed by atoms with van der Waals surface area (Å²) in [5, 5.41) is 7.39. The maximum Gasteiger partial charge on any atom is 0.235 e. The van der Waals surface area contributed by atoms with E-state index in [2.05, 4.69) is 191 Å². The smallest absolute Gasteiger partial charge is 0.235 e. The van der Waals surface area contributed by atoms with E-state index in [9.17, 15) is 0 Å².